The number of aliphatic hydroxyl groups excluding tert-OH is 1. The molecule has 6 nitrogen and oxygen atoms in total. The van der Waals surface area contributed by atoms with E-state index in [2.05, 4.69) is 10.1 Å². The Morgan fingerprint density at radius 3 is 2.89 bits per heavy atom. The third-order valence-electron chi connectivity index (χ3n) is 2.18. The number of nitrogens with zero attached hydrogens (tertiary/aromatic N) is 1. The maximum absolute atomic E-state index is 11.6. The van der Waals surface area contributed by atoms with Gasteiger partial charge in [0.05, 0.1) is 25.3 Å². The average Bonchev–Trinajstić information content (AvgIpc) is 2.43. The Kier molecular flexibility index (Phi) is 4.84. The molecule has 0 heterocycles. The summed E-state index contributed by atoms with van der Waals surface area (Å²) in [6.45, 7) is -0.248. The molecule has 0 saturated carbocycles. The topological polar surface area (TPSA) is 99.4 Å². The van der Waals surface area contributed by atoms with E-state index in [9.17, 15) is 14.7 Å². The van der Waals surface area contributed by atoms with E-state index in [4.69, 9.17) is 5.26 Å². The molecule has 0 aliphatic carbocycles. The van der Waals surface area contributed by atoms with Crippen molar-refractivity contribution in [2.75, 3.05) is 13.7 Å². The zero-order chi connectivity index (χ0) is 13.5. The number of methoxy groups -OCH3 is 1. The smallest absolute Gasteiger partial charge is 0.336 e. The van der Waals surface area contributed by atoms with Gasteiger partial charge in [0.1, 0.15) is 0 Å². The molecular formula is C12H12N2O4. The van der Waals surface area contributed by atoms with Crippen LogP contribution in [0.5, 0.6) is 0 Å². The summed E-state index contributed by atoms with van der Waals surface area (Å²) in [5.74, 6) is -1.30. The van der Waals surface area contributed by atoms with Gasteiger partial charge < -0.3 is 15.2 Å². The first-order chi connectivity index (χ1) is 8.58. The molecule has 1 aromatic rings. The highest BCUT2D eigenvalue weighted by Gasteiger charge is 2.16. The summed E-state index contributed by atoms with van der Waals surface area (Å²) >= 11 is 0. The molecule has 0 bridgehead atoms. The third kappa shape index (κ3) is 3.57. The molecule has 0 saturated heterocycles. The zero-order valence-electron chi connectivity index (χ0n) is 9.71. The van der Waals surface area contributed by atoms with Crippen molar-refractivity contribution in [2.24, 2.45) is 0 Å². The highest BCUT2D eigenvalue weighted by molar-refractivity contribution is 5.94. The van der Waals surface area contributed by atoms with Crippen LogP contribution >= 0.6 is 0 Å². The van der Waals surface area contributed by atoms with Crippen LogP contribution < -0.4 is 5.32 Å². The molecule has 18 heavy (non-hydrogen) atoms. The fourth-order valence-corrected chi connectivity index (χ4v) is 1.24. The van der Waals surface area contributed by atoms with Gasteiger partial charge in [-0.1, -0.05) is 6.07 Å². The van der Waals surface area contributed by atoms with Gasteiger partial charge in [0.15, 0.2) is 6.10 Å². The summed E-state index contributed by atoms with van der Waals surface area (Å²) in [5, 5.41) is 20.3. The van der Waals surface area contributed by atoms with Gasteiger partial charge >= 0.3 is 5.97 Å². The molecule has 1 atom stereocenters. The van der Waals surface area contributed by atoms with Crippen molar-refractivity contribution < 1.29 is 19.4 Å². The number of aliphatic hydroxyl groups is 1. The minimum atomic E-state index is -1.40. The molecule has 0 spiro atoms. The number of hydrogen-bond donors (Lipinski definition) is 2. The van der Waals surface area contributed by atoms with E-state index >= 15 is 0 Å². The molecule has 1 amide bonds. The highest BCUT2D eigenvalue weighted by Crippen LogP contribution is 2.03. The van der Waals surface area contributed by atoms with Gasteiger partial charge in [-0.2, -0.15) is 5.26 Å². The van der Waals surface area contributed by atoms with Gasteiger partial charge in [0, 0.05) is 5.56 Å². The third-order valence-corrected chi connectivity index (χ3v) is 2.18. The second-order valence-electron chi connectivity index (χ2n) is 3.44. The van der Waals surface area contributed by atoms with E-state index in [0.29, 0.717) is 5.56 Å². The van der Waals surface area contributed by atoms with Crippen molar-refractivity contribution in [1.29, 1.82) is 5.26 Å². The Labute approximate surface area is 104 Å². The van der Waals surface area contributed by atoms with Crippen LogP contribution in [-0.4, -0.2) is 36.7 Å². The SMILES string of the molecule is COC(=O)C(O)CNC(=O)c1cccc(C#N)c1. The second kappa shape index (κ2) is 6.37. The lowest BCUT2D eigenvalue weighted by Crippen LogP contribution is -2.37. The molecule has 0 radical (unpaired) electrons. The van der Waals surface area contributed by atoms with Crippen molar-refractivity contribution in [1.82, 2.24) is 5.32 Å². The highest BCUT2D eigenvalue weighted by atomic mass is 16.5. The first-order valence-corrected chi connectivity index (χ1v) is 5.12. The van der Waals surface area contributed by atoms with Gasteiger partial charge in [-0.15, -0.1) is 0 Å². The molecule has 0 aliphatic rings. The number of ether oxygens (including phenoxy) is 1. The predicted molar refractivity (Wildman–Crippen MR) is 61.5 cm³/mol. The zero-order valence-corrected chi connectivity index (χ0v) is 9.71. The molecule has 1 aromatic carbocycles. The van der Waals surface area contributed by atoms with Crippen molar-refractivity contribution in [3.63, 3.8) is 0 Å². The molecule has 1 unspecified atom stereocenters. The Morgan fingerprint density at radius 1 is 1.56 bits per heavy atom. The largest absolute Gasteiger partial charge is 0.467 e. The van der Waals surface area contributed by atoms with E-state index < -0.39 is 18.0 Å². The number of benzene rings is 1. The predicted octanol–water partition coefficient (Wildman–Crippen LogP) is -0.178. The Bertz CT molecular complexity index is 493. The van der Waals surface area contributed by atoms with E-state index in [-0.39, 0.29) is 12.1 Å². The normalized spacial score (nSPS) is 11.2. The Morgan fingerprint density at radius 2 is 2.28 bits per heavy atom. The quantitative estimate of drug-likeness (QED) is 0.720. The second-order valence-corrected chi connectivity index (χ2v) is 3.44. The van der Waals surface area contributed by atoms with Crippen LogP contribution in [0.2, 0.25) is 0 Å². The summed E-state index contributed by atoms with van der Waals surface area (Å²) in [5.41, 5.74) is 0.641. The summed E-state index contributed by atoms with van der Waals surface area (Å²) < 4.78 is 4.30. The van der Waals surface area contributed by atoms with E-state index in [1.54, 1.807) is 12.1 Å². The number of amides is 1. The minimum absolute atomic E-state index is 0.248. The molecule has 0 fully saturated rings. The van der Waals surface area contributed by atoms with Gasteiger partial charge in [-0.05, 0) is 18.2 Å². The lowest BCUT2D eigenvalue weighted by molar-refractivity contribution is -0.149. The molecule has 2 N–H and O–H groups in total. The average molecular weight is 248 g/mol. The molecule has 0 aromatic heterocycles. The lowest BCUT2D eigenvalue weighted by atomic mass is 10.1. The van der Waals surface area contributed by atoms with Gasteiger partial charge in [-0.25, -0.2) is 4.79 Å². The monoisotopic (exact) mass is 248 g/mol. The first kappa shape index (κ1) is 13.7. The van der Waals surface area contributed by atoms with Crippen LogP contribution in [0.25, 0.3) is 0 Å². The number of esters is 1. The molecule has 94 valence electrons. The molecule has 1 rings (SSSR count). The molecular weight excluding hydrogens is 236 g/mol. The fraction of sp³-hybridized carbons (Fsp3) is 0.250. The number of nitrogens with one attached hydrogen (secondary N) is 1. The molecule has 0 aliphatic heterocycles. The van der Waals surface area contributed by atoms with Crippen molar-refractivity contribution in [3.8, 4) is 6.07 Å². The van der Waals surface area contributed by atoms with Crippen molar-refractivity contribution >= 4 is 11.9 Å². The minimum Gasteiger partial charge on any atom is -0.467 e. The van der Waals surface area contributed by atoms with E-state index in [0.717, 1.165) is 7.11 Å². The van der Waals surface area contributed by atoms with Gasteiger partial charge in [0.25, 0.3) is 5.91 Å². The fourth-order valence-electron chi connectivity index (χ4n) is 1.24. The van der Waals surface area contributed by atoms with Crippen LogP contribution in [0.15, 0.2) is 24.3 Å². The maximum Gasteiger partial charge on any atom is 0.336 e. The van der Waals surface area contributed by atoms with Crippen LogP contribution in [-0.2, 0) is 9.53 Å². The number of nitriles is 1. The number of hydrogen-bond acceptors (Lipinski definition) is 5. The van der Waals surface area contributed by atoms with Crippen LogP contribution in [0.4, 0.5) is 0 Å². The summed E-state index contributed by atoms with van der Waals surface area (Å²) in [6, 6.07) is 8.00. The Balaban J connectivity index is 2.61. The van der Waals surface area contributed by atoms with Crippen LogP contribution in [0.1, 0.15) is 15.9 Å². The van der Waals surface area contributed by atoms with E-state index in [1.165, 1.54) is 12.1 Å². The number of carbonyl (C=O) groups excluding carboxylic acids is 2. The van der Waals surface area contributed by atoms with Crippen molar-refractivity contribution in [2.45, 2.75) is 6.10 Å². The summed E-state index contributed by atoms with van der Waals surface area (Å²) in [4.78, 5) is 22.5. The van der Waals surface area contributed by atoms with Crippen LogP contribution in [0, 0.1) is 11.3 Å². The van der Waals surface area contributed by atoms with E-state index in [1.807, 2.05) is 6.07 Å². The molecule has 6 heteroatoms. The summed E-state index contributed by atoms with van der Waals surface area (Å²) in [7, 11) is 1.14. The van der Waals surface area contributed by atoms with Crippen LogP contribution in [0.3, 0.4) is 0 Å². The van der Waals surface area contributed by atoms with Crippen molar-refractivity contribution in [3.05, 3.63) is 35.4 Å². The standard InChI is InChI=1S/C12H12N2O4/c1-18-12(17)10(15)7-14-11(16)9-4-2-3-8(5-9)6-13/h2-5,10,15H,7H2,1H3,(H,14,16). The summed E-state index contributed by atoms with van der Waals surface area (Å²) in [6.07, 6.45) is -1.40. The number of carbonyl (C=O) groups is 2. The van der Waals surface area contributed by atoms with Gasteiger partial charge in [0.2, 0.25) is 0 Å². The van der Waals surface area contributed by atoms with Gasteiger partial charge in [-0.3, -0.25) is 4.79 Å². The first-order valence-electron chi connectivity index (χ1n) is 5.12. The maximum atomic E-state index is 11.6. The number of rotatable bonds is 4. The lowest BCUT2D eigenvalue weighted by Gasteiger charge is -2.09. The Hall–Kier alpha value is -2.39.